The lowest BCUT2D eigenvalue weighted by Crippen LogP contribution is -2.12. The van der Waals surface area contributed by atoms with Gasteiger partial charge >= 0.3 is 5.63 Å². The van der Waals surface area contributed by atoms with Crippen LogP contribution in [0.1, 0.15) is 16.7 Å². The highest BCUT2D eigenvalue weighted by molar-refractivity contribution is 7.98. The Balaban J connectivity index is 2.04. The Hall–Kier alpha value is -2.58. The summed E-state index contributed by atoms with van der Waals surface area (Å²) in [5.74, 6) is -0.416. The number of anilines is 1. The molecule has 0 atom stereocenters. The summed E-state index contributed by atoms with van der Waals surface area (Å²) in [6.07, 6.45) is 1.56. The minimum Gasteiger partial charge on any atom is -0.508 e. The van der Waals surface area contributed by atoms with Gasteiger partial charge in [0.25, 0.3) is 0 Å². The molecule has 130 valence electrons. The quantitative estimate of drug-likeness (QED) is 0.475. The van der Waals surface area contributed by atoms with Gasteiger partial charge in [0, 0.05) is 41.8 Å². The number of benzene rings is 1. The SMILES string of the molecule is CNSNc1nccc(Cc2c(C)c3ccc(O)cc3oc2=O)c1F. The third kappa shape index (κ3) is 3.45. The largest absolute Gasteiger partial charge is 0.508 e. The van der Waals surface area contributed by atoms with Crippen molar-refractivity contribution in [3.05, 3.63) is 63.4 Å². The van der Waals surface area contributed by atoms with Crippen molar-refractivity contribution >= 4 is 28.9 Å². The fourth-order valence-corrected chi connectivity index (χ4v) is 2.91. The molecule has 0 unspecified atom stereocenters. The third-order valence-electron chi connectivity index (χ3n) is 3.86. The van der Waals surface area contributed by atoms with Crippen LogP contribution in [0.2, 0.25) is 0 Å². The number of nitrogens with one attached hydrogen (secondary N) is 2. The number of aromatic hydroxyl groups is 1. The average Bonchev–Trinajstić information content (AvgIpc) is 2.58. The molecular formula is C17H16FN3O3S. The van der Waals surface area contributed by atoms with E-state index in [1.54, 1.807) is 20.0 Å². The van der Waals surface area contributed by atoms with E-state index in [1.165, 1.54) is 24.4 Å². The molecule has 0 bridgehead atoms. The van der Waals surface area contributed by atoms with Crippen molar-refractivity contribution < 1.29 is 13.9 Å². The van der Waals surface area contributed by atoms with Gasteiger partial charge < -0.3 is 9.52 Å². The predicted octanol–water partition coefficient (Wildman–Crippen LogP) is 3.13. The van der Waals surface area contributed by atoms with Gasteiger partial charge in [-0.05, 0) is 43.3 Å². The highest BCUT2D eigenvalue weighted by atomic mass is 32.2. The molecular weight excluding hydrogens is 345 g/mol. The van der Waals surface area contributed by atoms with Crippen LogP contribution in [0.15, 0.2) is 39.7 Å². The third-order valence-corrected chi connectivity index (χ3v) is 4.36. The van der Waals surface area contributed by atoms with Crippen LogP contribution >= 0.6 is 12.1 Å². The molecule has 0 aliphatic carbocycles. The minimum absolute atomic E-state index is 0.0146. The monoisotopic (exact) mass is 361 g/mol. The van der Waals surface area contributed by atoms with Crippen LogP contribution < -0.4 is 15.1 Å². The summed E-state index contributed by atoms with van der Waals surface area (Å²) in [6.45, 7) is 1.78. The Labute approximate surface area is 147 Å². The zero-order valence-electron chi connectivity index (χ0n) is 13.6. The topological polar surface area (TPSA) is 87.4 Å². The molecule has 0 aliphatic rings. The molecule has 0 aliphatic heterocycles. The summed E-state index contributed by atoms with van der Waals surface area (Å²) >= 11 is 1.09. The van der Waals surface area contributed by atoms with Crippen LogP contribution in [0.4, 0.5) is 10.2 Å². The number of aryl methyl sites for hydroxylation is 1. The number of nitrogens with zero attached hydrogens (tertiary/aromatic N) is 1. The van der Waals surface area contributed by atoms with Gasteiger partial charge in [0.1, 0.15) is 11.3 Å². The van der Waals surface area contributed by atoms with Crippen LogP contribution in [0, 0.1) is 12.7 Å². The smallest absolute Gasteiger partial charge is 0.340 e. The number of pyridine rings is 1. The van der Waals surface area contributed by atoms with E-state index < -0.39 is 11.4 Å². The molecule has 3 rings (SSSR count). The van der Waals surface area contributed by atoms with Gasteiger partial charge in [0.15, 0.2) is 11.6 Å². The van der Waals surface area contributed by atoms with Gasteiger partial charge in [-0.1, -0.05) is 0 Å². The van der Waals surface area contributed by atoms with Crippen LogP contribution in [0.3, 0.4) is 0 Å². The first kappa shape index (κ1) is 17.2. The number of halogens is 1. The Morgan fingerprint density at radius 2 is 2.16 bits per heavy atom. The summed E-state index contributed by atoms with van der Waals surface area (Å²) in [4.78, 5) is 16.3. The number of hydrogen-bond acceptors (Lipinski definition) is 7. The highest BCUT2D eigenvalue weighted by Crippen LogP contribution is 2.26. The number of aromatic nitrogens is 1. The average molecular weight is 361 g/mol. The van der Waals surface area contributed by atoms with Gasteiger partial charge in [-0.3, -0.25) is 4.72 Å². The molecule has 25 heavy (non-hydrogen) atoms. The zero-order chi connectivity index (χ0) is 18.0. The molecule has 6 nitrogen and oxygen atoms in total. The molecule has 0 radical (unpaired) electrons. The Morgan fingerprint density at radius 3 is 2.92 bits per heavy atom. The van der Waals surface area contributed by atoms with Gasteiger partial charge in [-0.15, -0.1) is 0 Å². The van der Waals surface area contributed by atoms with Gasteiger partial charge in [-0.2, -0.15) is 0 Å². The van der Waals surface area contributed by atoms with E-state index >= 15 is 0 Å². The molecule has 0 fully saturated rings. The lowest BCUT2D eigenvalue weighted by molar-refractivity contribution is 0.472. The van der Waals surface area contributed by atoms with E-state index in [0.29, 0.717) is 27.7 Å². The Morgan fingerprint density at radius 1 is 1.36 bits per heavy atom. The first-order valence-corrected chi connectivity index (χ1v) is 8.30. The molecule has 0 amide bonds. The number of phenolic OH excluding ortho intramolecular Hbond substituents is 1. The fraction of sp³-hybridized carbons (Fsp3) is 0.176. The zero-order valence-corrected chi connectivity index (χ0v) is 14.4. The van der Waals surface area contributed by atoms with Crippen LogP contribution in [-0.2, 0) is 6.42 Å². The predicted molar refractivity (Wildman–Crippen MR) is 96.2 cm³/mol. The molecule has 2 aromatic heterocycles. The van der Waals surface area contributed by atoms with E-state index in [0.717, 1.165) is 12.1 Å². The van der Waals surface area contributed by atoms with E-state index in [9.17, 15) is 14.3 Å². The van der Waals surface area contributed by atoms with Gasteiger partial charge in [0.05, 0.1) is 0 Å². The first-order chi connectivity index (χ1) is 12.0. The maximum absolute atomic E-state index is 14.6. The Kier molecular flexibility index (Phi) is 4.91. The van der Waals surface area contributed by atoms with Gasteiger partial charge in [0.2, 0.25) is 0 Å². The van der Waals surface area contributed by atoms with Crippen molar-refractivity contribution in [2.45, 2.75) is 13.3 Å². The maximum Gasteiger partial charge on any atom is 0.340 e. The van der Waals surface area contributed by atoms with Crippen LogP contribution in [0.25, 0.3) is 11.0 Å². The minimum atomic E-state index is -0.550. The van der Waals surface area contributed by atoms with E-state index in [4.69, 9.17) is 4.42 Å². The molecule has 3 N–H and O–H groups in total. The fourth-order valence-electron chi connectivity index (χ4n) is 2.57. The maximum atomic E-state index is 14.6. The molecule has 0 spiro atoms. The lowest BCUT2D eigenvalue weighted by Gasteiger charge is -2.10. The second-order valence-electron chi connectivity index (χ2n) is 5.39. The van der Waals surface area contributed by atoms with Crippen molar-refractivity contribution in [3.63, 3.8) is 0 Å². The summed E-state index contributed by atoms with van der Waals surface area (Å²) < 4.78 is 25.4. The second-order valence-corrected chi connectivity index (χ2v) is 6.21. The summed E-state index contributed by atoms with van der Waals surface area (Å²) in [6, 6.07) is 6.11. The number of fused-ring (bicyclic) bond motifs is 1. The van der Waals surface area contributed by atoms with Crippen molar-refractivity contribution in [1.82, 2.24) is 9.71 Å². The van der Waals surface area contributed by atoms with Crippen molar-refractivity contribution in [3.8, 4) is 5.75 Å². The van der Waals surface area contributed by atoms with Crippen molar-refractivity contribution in [1.29, 1.82) is 0 Å². The standard InChI is InChI=1S/C17H16FN3O3S/c1-9-12-4-3-11(22)8-14(12)24-17(23)13(9)7-10-5-6-20-16(15(10)18)21-25-19-2/h3-6,8,19,22H,7H2,1-2H3,(H,20,21). The normalized spacial score (nSPS) is 11.0. The van der Waals surface area contributed by atoms with E-state index in [1.807, 2.05) is 0 Å². The van der Waals surface area contributed by atoms with Gasteiger partial charge in [-0.25, -0.2) is 18.9 Å². The van der Waals surface area contributed by atoms with E-state index in [-0.39, 0.29) is 18.0 Å². The summed E-state index contributed by atoms with van der Waals surface area (Å²) in [5, 5.41) is 10.2. The number of hydrogen-bond donors (Lipinski definition) is 3. The number of phenols is 1. The Bertz CT molecular complexity index is 991. The first-order valence-electron chi connectivity index (χ1n) is 7.48. The molecule has 0 saturated carbocycles. The van der Waals surface area contributed by atoms with Crippen LogP contribution in [0.5, 0.6) is 5.75 Å². The summed E-state index contributed by atoms with van der Waals surface area (Å²) in [5.41, 5.74) is 1.15. The van der Waals surface area contributed by atoms with E-state index in [2.05, 4.69) is 14.4 Å². The molecule has 0 saturated heterocycles. The highest BCUT2D eigenvalue weighted by Gasteiger charge is 2.16. The summed E-state index contributed by atoms with van der Waals surface area (Å²) in [7, 11) is 1.70. The molecule has 2 heterocycles. The number of rotatable bonds is 5. The van der Waals surface area contributed by atoms with Crippen LogP contribution in [-0.4, -0.2) is 17.1 Å². The van der Waals surface area contributed by atoms with Crippen molar-refractivity contribution in [2.24, 2.45) is 0 Å². The molecule has 8 heteroatoms. The molecule has 1 aromatic carbocycles. The lowest BCUT2D eigenvalue weighted by atomic mass is 10.00. The second kappa shape index (κ2) is 7.12. The van der Waals surface area contributed by atoms with Crippen molar-refractivity contribution in [2.75, 3.05) is 11.8 Å². The molecule has 3 aromatic rings.